The van der Waals surface area contributed by atoms with E-state index in [0.717, 1.165) is 51.3 Å². The Kier molecular flexibility index (Phi) is 14.6. The van der Waals surface area contributed by atoms with Gasteiger partial charge in [-0.3, -0.25) is 28.7 Å². The Labute approximate surface area is 350 Å². The van der Waals surface area contributed by atoms with E-state index in [4.69, 9.17) is 23.2 Å². The highest BCUT2D eigenvalue weighted by atomic mass is 35.5. The number of halogens is 2. The molecule has 3 aromatic heterocycles. The predicted octanol–water partition coefficient (Wildman–Crippen LogP) is 3.61. The van der Waals surface area contributed by atoms with E-state index in [9.17, 15) is 29.1 Å². The van der Waals surface area contributed by atoms with Crippen LogP contribution >= 0.6 is 34.5 Å². The Bertz CT molecular complexity index is 2180. The number of nitrogens with zero attached hydrogens (tertiary/aromatic N) is 6. The third kappa shape index (κ3) is 10.7. The van der Waals surface area contributed by atoms with Crippen molar-refractivity contribution in [2.75, 3.05) is 71.4 Å². The van der Waals surface area contributed by atoms with Gasteiger partial charge in [0.15, 0.2) is 0 Å². The molecule has 0 aliphatic carbocycles. The van der Waals surface area contributed by atoms with Crippen LogP contribution in [-0.4, -0.2) is 131 Å². The number of aromatic nitrogens is 3. The smallest absolute Gasteiger partial charge is 0.248 e. The number of rotatable bonds is 17. The average molecular weight is 855 g/mol. The van der Waals surface area contributed by atoms with E-state index >= 15 is 0 Å². The summed E-state index contributed by atoms with van der Waals surface area (Å²) < 4.78 is 1.56. The molecule has 0 unspecified atom stereocenters. The third-order valence-electron chi connectivity index (χ3n) is 10.1. The van der Waals surface area contributed by atoms with Crippen LogP contribution in [0.15, 0.2) is 42.6 Å². The quantitative estimate of drug-likeness (QED) is 0.0921. The second kappa shape index (κ2) is 19.8. The highest BCUT2D eigenvalue weighted by Gasteiger charge is 2.29. The number of nitrogens with one attached hydrogen (secondary N) is 3. The number of unbranched alkanes of at least 4 members (excludes halogenated alkanes) is 2. The number of anilines is 1. The van der Waals surface area contributed by atoms with Gasteiger partial charge in [0.05, 0.1) is 26.3 Å². The molecule has 6 rings (SSSR count). The van der Waals surface area contributed by atoms with Crippen molar-refractivity contribution in [2.24, 2.45) is 0 Å². The Morgan fingerprint density at radius 3 is 2.52 bits per heavy atom. The van der Waals surface area contributed by atoms with Crippen molar-refractivity contribution >= 4 is 80.0 Å². The SMILES string of the molecule is CN(C)C/C=C/C(=O)N1CCN(c2ccc(CCC(=O)NCCCCCNC(=O)Cn3ccc(-c4cc(Cl)c(Cl)c5[nH]c6c(c45)CN(C(=O)CO)CC6)n3)s2)C(=O)C1. The summed E-state index contributed by atoms with van der Waals surface area (Å²) in [5.74, 6) is -0.841. The molecule has 2 aliphatic rings. The van der Waals surface area contributed by atoms with Crippen molar-refractivity contribution < 1.29 is 29.1 Å². The summed E-state index contributed by atoms with van der Waals surface area (Å²) >= 11 is 14.6. The van der Waals surface area contributed by atoms with Crippen LogP contribution in [0.4, 0.5) is 5.00 Å². The minimum Gasteiger partial charge on any atom is -0.387 e. The Hall–Kier alpha value is -4.74. The molecule has 1 aromatic carbocycles. The van der Waals surface area contributed by atoms with E-state index in [0.29, 0.717) is 86.3 Å². The van der Waals surface area contributed by atoms with Gasteiger partial charge in [-0.25, -0.2) is 0 Å². The molecule has 0 spiro atoms. The number of aliphatic hydroxyl groups is 1. The number of hydrogen-bond acceptors (Lipinski definition) is 9. The lowest BCUT2D eigenvalue weighted by Gasteiger charge is -2.33. The molecule has 310 valence electrons. The fraction of sp³-hybridized carbons (Fsp3) is 0.450. The zero-order chi connectivity index (χ0) is 41.3. The molecule has 15 nitrogen and oxygen atoms in total. The molecule has 0 atom stereocenters. The summed E-state index contributed by atoms with van der Waals surface area (Å²) in [5, 5.41) is 22.3. The minimum absolute atomic E-state index is 0.0273. The van der Waals surface area contributed by atoms with E-state index in [2.05, 4.69) is 20.7 Å². The van der Waals surface area contributed by atoms with Gasteiger partial charge in [-0.1, -0.05) is 29.3 Å². The largest absolute Gasteiger partial charge is 0.387 e. The standard InChI is InChI=1S/C40H49Cl2N9O6S/c1-47(2)16-6-7-34(55)49-19-20-51(35(56)24-49)37-11-9-26(58-37)8-10-32(53)43-14-4-3-5-15-44-33(54)23-50-18-13-31(46-50)27-21-29(41)39(42)40-38(27)28-22-48(36(57)25-52)17-12-30(28)45-40/h6-7,9,11,13,18,21,45,52H,3-5,8,10,12,14-17,19-20,22-25H2,1-2H3,(H,43,53)(H,44,54)/b7-6+. The zero-order valence-corrected chi connectivity index (χ0v) is 35.0. The Balaban J connectivity index is 0.876. The Morgan fingerprint density at radius 1 is 1.00 bits per heavy atom. The summed E-state index contributed by atoms with van der Waals surface area (Å²) in [6.45, 7) is 2.90. The molecule has 2 aliphatic heterocycles. The van der Waals surface area contributed by atoms with Gasteiger partial charge in [0.1, 0.15) is 19.7 Å². The van der Waals surface area contributed by atoms with Gasteiger partial charge in [0.25, 0.3) is 0 Å². The maximum absolute atomic E-state index is 12.8. The number of carbonyl (C=O) groups is 5. The van der Waals surface area contributed by atoms with Crippen LogP contribution in [0.1, 0.15) is 41.8 Å². The van der Waals surface area contributed by atoms with E-state index in [-0.39, 0.29) is 42.6 Å². The van der Waals surface area contributed by atoms with Gasteiger partial charge in [0, 0.05) is 98.0 Å². The molecule has 0 radical (unpaired) electrons. The highest BCUT2D eigenvalue weighted by Crippen LogP contribution is 2.42. The van der Waals surface area contributed by atoms with Crippen LogP contribution in [0.2, 0.25) is 10.0 Å². The molecule has 1 fully saturated rings. The maximum Gasteiger partial charge on any atom is 0.248 e. The van der Waals surface area contributed by atoms with Gasteiger partial charge >= 0.3 is 0 Å². The van der Waals surface area contributed by atoms with Crippen LogP contribution in [0.3, 0.4) is 0 Å². The number of likely N-dealkylation sites (N-methyl/N-ethyl adjacent to an activating group) is 1. The van der Waals surface area contributed by atoms with E-state index in [1.807, 2.05) is 31.1 Å². The van der Waals surface area contributed by atoms with Crippen LogP contribution in [0.5, 0.6) is 0 Å². The van der Waals surface area contributed by atoms with Gasteiger partial charge < -0.3 is 40.3 Å². The lowest BCUT2D eigenvalue weighted by Crippen LogP contribution is -2.51. The molecular formula is C40H49Cl2N9O6S. The van der Waals surface area contributed by atoms with Gasteiger partial charge in [0.2, 0.25) is 29.5 Å². The van der Waals surface area contributed by atoms with Crippen molar-refractivity contribution in [3.63, 3.8) is 0 Å². The molecule has 18 heteroatoms. The van der Waals surface area contributed by atoms with Gasteiger partial charge in [-0.05, 0) is 64.0 Å². The van der Waals surface area contributed by atoms with E-state index in [1.165, 1.54) is 17.4 Å². The van der Waals surface area contributed by atoms with Crippen molar-refractivity contribution in [1.82, 2.24) is 40.1 Å². The second-order valence-corrected chi connectivity index (χ2v) is 16.6. The van der Waals surface area contributed by atoms with Crippen LogP contribution in [-0.2, 0) is 49.9 Å². The van der Waals surface area contributed by atoms with Crippen LogP contribution in [0.25, 0.3) is 22.2 Å². The molecule has 0 bridgehead atoms. The molecular weight excluding hydrogens is 805 g/mol. The average Bonchev–Trinajstić information content (AvgIpc) is 3.96. The number of piperazine rings is 1. The molecule has 0 saturated carbocycles. The number of fused-ring (bicyclic) bond motifs is 3. The third-order valence-corrected chi connectivity index (χ3v) is 12.1. The fourth-order valence-corrected chi connectivity index (χ4v) is 8.52. The number of H-pyrrole nitrogens is 1. The fourth-order valence-electron chi connectivity index (χ4n) is 7.07. The lowest BCUT2D eigenvalue weighted by atomic mass is 9.99. The summed E-state index contributed by atoms with van der Waals surface area (Å²) in [7, 11) is 3.84. The summed E-state index contributed by atoms with van der Waals surface area (Å²) in [6.07, 6.45) is 8.90. The number of aliphatic hydroxyl groups excluding tert-OH is 1. The molecule has 4 aromatic rings. The number of aromatic amines is 1. The number of carbonyl (C=O) groups excluding carboxylic acids is 5. The highest BCUT2D eigenvalue weighted by molar-refractivity contribution is 7.16. The van der Waals surface area contributed by atoms with E-state index in [1.54, 1.807) is 43.8 Å². The monoisotopic (exact) mass is 853 g/mol. The van der Waals surface area contributed by atoms with Crippen molar-refractivity contribution in [3.8, 4) is 11.3 Å². The number of aryl methyl sites for hydroxylation is 1. The first kappa shape index (κ1) is 42.9. The first-order chi connectivity index (χ1) is 27.9. The number of thiophene rings is 1. The first-order valence-corrected chi connectivity index (χ1v) is 21.0. The van der Waals surface area contributed by atoms with Crippen LogP contribution < -0.4 is 15.5 Å². The predicted molar refractivity (Wildman–Crippen MR) is 225 cm³/mol. The molecule has 5 amide bonds. The first-order valence-electron chi connectivity index (χ1n) is 19.4. The second-order valence-electron chi connectivity index (χ2n) is 14.6. The van der Waals surface area contributed by atoms with Crippen molar-refractivity contribution in [1.29, 1.82) is 0 Å². The lowest BCUT2D eigenvalue weighted by molar-refractivity contribution is -0.135. The van der Waals surface area contributed by atoms with Crippen molar-refractivity contribution in [2.45, 2.75) is 51.6 Å². The zero-order valence-electron chi connectivity index (χ0n) is 32.7. The number of amides is 5. The molecule has 1 saturated heterocycles. The van der Waals surface area contributed by atoms with E-state index < -0.39 is 6.61 Å². The summed E-state index contributed by atoms with van der Waals surface area (Å²) in [4.78, 5) is 74.0. The van der Waals surface area contributed by atoms with Crippen molar-refractivity contribution in [3.05, 3.63) is 68.8 Å². The number of hydrogen-bond donors (Lipinski definition) is 4. The summed E-state index contributed by atoms with van der Waals surface area (Å²) in [6, 6.07) is 7.40. The van der Waals surface area contributed by atoms with Gasteiger partial charge in [-0.2, -0.15) is 5.10 Å². The topological polar surface area (TPSA) is 176 Å². The Morgan fingerprint density at radius 2 is 1.78 bits per heavy atom. The minimum atomic E-state index is -0.559. The maximum atomic E-state index is 12.8. The molecule has 58 heavy (non-hydrogen) atoms. The number of benzene rings is 1. The van der Waals surface area contributed by atoms with Crippen LogP contribution in [0, 0.1) is 0 Å². The molecule has 5 heterocycles. The van der Waals surface area contributed by atoms with Gasteiger partial charge in [-0.15, -0.1) is 11.3 Å². The summed E-state index contributed by atoms with van der Waals surface area (Å²) in [5.41, 5.74) is 3.84. The normalized spacial score (nSPS) is 14.5. The molecule has 4 N–H and O–H groups in total.